The molecule has 0 saturated heterocycles. The Balaban J connectivity index is 1.26. The quantitative estimate of drug-likeness (QED) is 0.199. The van der Waals surface area contributed by atoms with Crippen LogP contribution in [0.4, 0.5) is 0 Å². The number of para-hydroxylation sites is 1. The van der Waals surface area contributed by atoms with Crippen molar-refractivity contribution in [3.8, 4) is 28.1 Å². The van der Waals surface area contributed by atoms with Crippen LogP contribution in [0.5, 0.6) is 0 Å². The Kier molecular flexibility index (Phi) is 4.67. The van der Waals surface area contributed by atoms with Crippen LogP contribution >= 0.6 is 11.3 Å². The van der Waals surface area contributed by atoms with Crippen molar-refractivity contribution in [2.75, 3.05) is 0 Å². The molecule has 3 nitrogen and oxygen atoms in total. The lowest BCUT2D eigenvalue weighted by atomic mass is 9.82. The van der Waals surface area contributed by atoms with Crippen LogP contribution in [0.3, 0.4) is 0 Å². The summed E-state index contributed by atoms with van der Waals surface area (Å²) in [6.45, 7) is 4.73. The third-order valence-corrected chi connectivity index (χ3v) is 10.9. The van der Waals surface area contributed by atoms with Crippen molar-refractivity contribution < 1.29 is 0 Å². The van der Waals surface area contributed by atoms with Gasteiger partial charge in [0, 0.05) is 37.5 Å². The maximum Gasteiger partial charge on any atom is 0.0934 e. The van der Waals surface area contributed by atoms with E-state index >= 15 is 0 Å². The molecule has 0 aliphatic heterocycles. The summed E-state index contributed by atoms with van der Waals surface area (Å²) in [4.78, 5) is 0. The molecule has 4 aromatic heterocycles. The minimum Gasteiger partial charge on any atom is -0.308 e. The van der Waals surface area contributed by atoms with Gasteiger partial charge in [-0.25, -0.2) is 4.52 Å². The van der Waals surface area contributed by atoms with E-state index < -0.39 is 0 Å². The Labute approximate surface area is 258 Å². The zero-order valence-electron chi connectivity index (χ0n) is 24.4. The van der Waals surface area contributed by atoms with Crippen LogP contribution in [0.25, 0.3) is 75.7 Å². The summed E-state index contributed by atoms with van der Waals surface area (Å²) in [6.07, 6.45) is 0. The molecule has 0 saturated carbocycles. The number of aromatic nitrogens is 3. The van der Waals surface area contributed by atoms with E-state index in [2.05, 4.69) is 150 Å². The number of benzene rings is 5. The van der Waals surface area contributed by atoms with Crippen molar-refractivity contribution in [1.29, 1.82) is 0 Å². The highest BCUT2D eigenvalue weighted by Gasteiger charge is 2.36. The summed E-state index contributed by atoms with van der Waals surface area (Å²) in [5.41, 5.74) is 13.5. The van der Waals surface area contributed by atoms with Crippen molar-refractivity contribution in [2.24, 2.45) is 0 Å². The highest BCUT2D eigenvalue weighted by Crippen LogP contribution is 2.52. The molecule has 9 aromatic rings. The Morgan fingerprint density at radius 3 is 2.43 bits per heavy atom. The van der Waals surface area contributed by atoms with Gasteiger partial charge in [0.25, 0.3) is 0 Å². The molecule has 0 unspecified atom stereocenters. The van der Waals surface area contributed by atoms with E-state index in [0.29, 0.717) is 0 Å². The fourth-order valence-electron chi connectivity index (χ4n) is 7.58. The highest BCUT2D eigenvalue weighted by molar-refractivity contribution is 7.26. The fraction of sp³-hybridized carbons (Fsp3) is 0.0750. The second kappa shape index (κ2) is 8.46. The maximum atomic E-state index is 5.10. The molecule has 208 valence electrons. The van der Waals surface area contributed by atoms with E-state index in [9.17, 15) is 0 Å². The highest BCUT2D eigenvalue weighted by atomic mass is 32.1. The van der Waals surface area contributed by atoms with Crippen LogP contribution in [0.1, 0.15) is 25.0 Å². The predicted octanol–water partition coefficient (Wildman–Crippen LogP) is 10.8. The van der Waals surface area contributed by atoms with Gasteiger partial charge in [-0.15, -0.1) is 11.3 Å². The van der Waals surface area contributed by atoms with Crippen molar-refractivity contribution >= 4 is 59.0 Å². The second-order valence-electron chi connectivity index (χ2n) is 12.5. The molecule has 10 rings (SSSR count). The minimum atomic E-state index is -0.0432. The molecule has 4 heteroatoms. The molecule has 0 N–H and O–H groups in total. The van der Waals surface area contributed by atoms with E-state index in [1.807, 2.05) is 11.3 Å². The molecule has 1 aliphatic rings. The summed E-state index contributed by atoms with van der Waals surface area (Å²) < 4.78 is 7.22. The van der Waals surface area contributed by atoms with Crippen LogP contribution in [0.15, 0.2) is 127 Å². The molecule has 4 heterocycles. The van der Waals surface area contributed by atoms with Crippen molar-refractivity contribution in [2.45, 2.75) is 19.3 Å². The number of pyridine rings is 1. The minimum absolute atomic E-state index is 0.0432. The van der Waals surface area contributed by atoms with Gasteiger partial charge >= 0.3 is 0 Å². The smallest absolute Gasteiger partial charge is 0.0934 e. The van der Waals surface area contributed by atoms with Crippen LogP contribution in [0.2, 0.25) is 0 Å². The molecule has 0 bridgehead atoms. The van der Waals surface area contributed by atoms with E-state index in [4.69, 9.17) is 5.10 Å². The molecular weight excluding hydrogens is 555 g/mol. The van der Waals surface area contributed by atoms with Gasteiger partial charge in [0.15, 0.2) is 0 Å². The Morgan fingerprint density at radius 2 is 1.48 bits per heavy atom. The van der Waals surface area contributed by atoms with Crippen molar-refractivity contribution in [3.05, 3.63) is 139 Å². The van der Waals surface area contributed by atoms with Gasteiger partial charge in [-0.3, -0.25) is 0 Å². The molecule has 0 atom stereocenters. The standard InChI is InChI=1S/C40H27N3S/c1-40(2)32-15-6-4-13-28(32)30-23-36-31(22-33(30)40)39-38(29-14-5-8-17-37(29)44-39)42(36)26-12-9-11-25(20-26)34-21-27-19-18-24-10-3-7-16-35(24)43(27)41-34/h3-23H,1-2H3. The van der Waals surface area contributed by atoms with Gasteiger partial charge in [-0.2, -0.15) is 5.10 Å². The zero-order chi connectivity index (χ0) is 29.2. The van der Waals surface area contributed by atoms with Crippen LogP contribution in [0, 0.1) is 0 Å². The van der Waals surface area contributed by atoms with E-state index in [0.717, 1.165) is 28.0 Å². The average molecular weight is 582 g/mol. The Hall–Kier alpha value is -5.19. The average Bonchev–Trinajstić information content (AvgIpc) is 3.79. The lowest BCUT2D eigenvalue weighted by molar-refractivity contribution is 0.661. The molecule has 0 amide bonds. The van der Waals surface area contributed by atoms with Crippen LogP contribution in [-0.2, 0) is 5.41 Å². The SMILES string of the molecule is CC1(C)c2ccccc2-c2cc3c(cc21)c1sc2ccccc2c1n3-c1cccc(-c2cc3ccc4ccccc4n3n2)c1. The lowest BCUT2D eigenvalue weighted by Gasteiger charge is -2.21. The van der Waals surface area contributed by atoms with Gasteiger partial charge in [-0.05, 0) is 70.8 Å². The van der Waals surface area contributed by atoms with Gasteiger partial charge in [0.1, 0.15) is 0 Å². The molecule has 0 spiro atoms. The first-order valence-corrected chi connectivity index (χ1v) is 16.0. The molecule has 44 heavy (non-hydrogen) atoms. The topological polar surface area (TPSA) is 22.2 Å². The first-order valence-electron chi connectivity index (χ1n) is 15.1. The van der Waals surface area contributed by atoms with E-state index in [1.165, 1.54) is 58.8 Å². The molecule has 5 aromatic carbocycles. The van der Waals surface area contributed by atoms with Gasteiger partial charge < -0.3 is 4.57 Å². The van der Waals surface area contributed by atoms with Gasteiger partial charge in [-0.1, -0.05) is 92.7 Å². The zero-order valence-corrected chi connectivity index (χ0v) is 25.2. The Bertz CT molecular complexity index is 2650. The summed E-state index contributed by atoms with van der Waals surface area (Å²) in [5, 5.41) is 8.91. The van der Waals surface area contributed by atoms with Crippen LogP contribution < -0.4 is 0 Å². The monoisotopic (exact) mass is 581 g/mol. The third kappa shape index (κ3) is 3.13. The number of thiophene rings is 1. The maximum absolute atomic E-state index is 5.10. The summed E-state index contributed by atoms with van der Waals surface area (Å²) in [5.74, 6) is 0. The van der Waals surface area contributed by atoms with Gasteiger partial charge in [0.05, 0.1) is 32.5 Å². The summed E-state index contributed by atoms with van der Waals surface area (Å²) in [6, 6.07) is 46.5. The molecular formula is C40H27N3S. The normalized spacial score (nSPS) is 13.9. The largest absolute Gasteiger partial charge is 0.308 e. The fourth-order valence-corrected chi connectivity index (χ4v) is 8.79. The first kappa shape index (κ1) is 24.3. The molecule has 0 radical (unpaired) electrons. The van der Waals surface area contributed by atoms with E-state index in [-0.39, 0.29) is 5.41 Å². The Morgan fingerprint density at radius 1 is 0.636 bits per heavy atom. The van der Waals surface area contributed by atoms with Gasteiger partial charge in [0.2, 0.25) is 0 Å². The van der Waals surface area contributed by atoms with Crippen molar-refractivity contribution in [1.82, 2.24) is 14.2 Å². The second-order valence-corrected chi connectivity index (χ2v) is 13.6. The summed E-state index contributed by atoms with van der Waals surface area (Å²) >= 11 is 1.90. The lowest BCUT2D eigenvalue weighted by Crippen LogP contribution is -2.14. The number of nitrogens with zero attached hydrogens (tertiary/aromatic N) is 3. The number of fused-ring (bicyclic) bond motifs is 11. The van der Waals surface area contributed by atoms with E-state index in [1.54, 1.807) is 0 Å². The summed E-state index contributed by atoms with van der Waals surface area (Å²) in [7, 11) is 0. The van der Waals surface area contributed by atoms with Crippen molar-refractivity contribution in [3.63, 3.8) is 0 Å². The number of rotatable bonds is 2. The predicted molar refractivity (Wildman–Crippen MR) is 185 cm³/mol. The van der Waals surface area contributed by atoms with Crippen LogP contribution in [-0.4, -0.2) is 14.2 Å². The number of hydrogen-bond acceptors (Lipinski definition) is 2. The third-order valence-electron chi connectivity index (χ3n) is 9.71. The molecule has 1 aliphatic carbocycles. The number of hydrogen-bond donors (Lipinski definition) is 0. The molecule has 0 fully saturated rings. The first-order chi connectivity index (χ1) is 21.6.